The van der Waals surface area contributed by atoms with Crippen molar-refractivity contribution in [3.8, 4) is 10.4 Å². The molecule has 2 heterocycles. The zero-order valence-corrected chi connectivity index (χ0v) is 11.8. The monoisotopic (exact) mass is 263 g/mol. The van der Waals surface area contributed by atoms with Crippen LogP contribution in [0.5, 0.6) is 0 Å². The molecular weight excluding hydrogens is 246 g/mol. The molecule has 2 aromatic rings. The van der Waals surface area contributed by atoms with Gasteiger partial charge in [0, 0.05) is 27.9 Å². The molecular formula is C14H17NS2. The first kappa shape index (κ1) is 12.6. The fourth-order valence-corrected chi connectivity index (χ4v) is 3.11. The zero-order chi connectivity index (χ0) is 12.1. The Kier molecular flexibility index (Phi) is 4.54. The van der Waals surface area contributed by atoms with Crippen molar-refractivity contribution in [2.45, 2.75) is 19.9 Å². The van der Waals surface area contributed by atoms with Gasteiger partial charge >= 0.3 is 0 Å². The maximum Gasteiger partial charge on any atom is 0.0351 e. The van der Waals surface area contributed by atoms with Gasteiger partial charge in [-0.1, -0.05) is 26.0 Å². The van der Waals surface area contributed by atoms with Gasteiger partial charge in [0.1, 0.15) is 0 Å². The van der Waals surface area contributed by atoms with Gasteiger partial charge in [-0.25, -0.2) is 0 Å². The summed E-state index contributed by atoms with van der Waals surface area (Å²) in [6.45, 7) is 5.26. The Morgan fingerprint density at radius 3 is 2.94 bits per heavy atom. The summed E-state index contributed by atoms with van der Waals surface area (Å²) in [6, 6.07) is 7.06. The third-order valence-electron chi connectivity index (χ3n) is 2.35. The molecule has 3 heteroatoms. The first-order valence-corrected chi connectivity index (χ1v) is 7.54. The molecule has 0 saturated heterocycles. The summed E-state index contributed by atoms with van der Waals surface area (Å²) < 4.78 is 0. The van der Waals surface area contributed by atoms with Crippen molar-refractivity contribution in [2.75, 3.05) is 6.54 Å². The van der Waals surface area contributed by atoms with Crippen LogP contribution < -0.4 is 5.32 Å². The lowest BCUT2D eigenvalue weighted by Crippen LogP contribution is -2.22. The van der Waals surface area contributed by atoms with Crippen molar-refractivity contribution in [1.29, 1.82) is 0 Å². The van der Waals surface area contributed by atoms with Gasteiger partial charge in [0.2, 0.25) is 0 Å². The molecule has 0 aliphatic carbocycles. The van der Waals surface area contributed by atoms with E-state index in [1.807, 2.05) is 0 Å². The summed E-state index contributed by atoms with van der Waals surface area (Å²) in [5.74, 6) is 0. The van der Waals surface area contributed by atoms with E-state index >= 15 is 0 Å². The molecule has 0 aliphatic heterocycles. The van der Waals surface area contributed by atoms with Crippen LogP contribution in [0.25, 0.3) is 16.5 Å². The van der Waals surface area contributed by atoms with Crippen LogP contribution in [0.4, 0.5) is 0 Å². The molecule has 1 nitrogen and oxygen atoms in total. The lowest BCUT2D eigenvalue weighted by Gasteiger charge is -2.02. The summed E-state index contributed by atoms with van der Waals surface area (Å²) in [5.41, 5.74) is 1.33. The lowest BCUT2D eigenvalue weighted by molar-refractivity contribution is 0.633. The molecule has 1 N–H and O–H groups in total. The van der Waals surface area contributed by atoms with Crippen LogP contribution in [0.15, 0.2) is 35.0 Å². The van der Waals surface area contributed by atoms with Crippen molar-refractivity contribution in [3.63, 3.8) is 0 Å². The molecule has 0 saturated carbocycles. The highest BCUT2D eigenvalue weighted by Gasteiger charge is 2.00. The molecule has 0 spiro atoms. The molecule has 0 aromatic carbocycles. The van der Waals surface area contributed by atoms with Crippen LogP contribution in [-0.2, 0) is 0 Å². The normalized spacial score (nSPS) is 11.7. The molecule has 0 amide bonds. The maximum atomic E-state index is 3.37. The predicted molar refractivity (Wildman–Crippen MR) is 79.8 cm³/mol. The molecule has 0 bridgehead atoms. The summed E-state index contributed by atoms with van der Waals surface area (Å²) >= 11 is 3.59. The number of rotatable bonds is 5. The van der Waals surface area contributed by atoms with Gasteiger partial charge in [0.15, 0.2) is 0 Å². The predicted octanol–water partition coefficient (Wildman–Crippen LogP) is 4.49. The SMILES string of the molecule is CC(C)NCC=Cc1cc(-c2cccs2)cs1. The van der Waals surface area contributed by atoms with Gasteiger partial charge in [0.05, 0.1) is 0 Å². The third kappa shape index (κ3) is 3.80. The smallest absolute Gasteiger partial charge is 0.0351 e. The van der Waals surface area contributed by atoms with E-state index in [0.29, 0.717) is 6.04 Å². The average molecular weight is 263 g/mol. The van der Waals surface area contributed by atoms with E-state index in [-0.39, 0.29) is 0 Å². The van der Waals surface area contributed by atoms with E-state index in [1.165, 1.54) is 15.3 Å². The van der Waals surface area contributed by atoms with E-state index in [9.17, 15) is 0 Å². The average Bonchev–Trinajstić information content (AvgIpc) is 2.94. The van der Waals surface area contributed by atoms with E-state index < -0.39 is 0 Å². The van der Waals surface area contributed by atoms with Gasteiger partial charge in [-0.2, -0.15) is 0 Å². The molecule has 2 aromatic heterocycles. The van der Waals surface area contributed by atoms with Crippen LogP contribution in [-0.4, -0.2) is 12.6 Å². The first-order chi connectivity index (χ1) is 8.25. The second-order valence-corrected chi connectivity index (χ2v) is 6.07. The summed E-state index contributed by atoms with van der Waals surface area (Å²) in [6.07, 6.45) is 4.38. The second-order valence-electron chi connectivity index (χ2n) is 4.18. The Morgan fingerprint density at radius 2 is 2.24 bits per heavy atom. The van der Waals surface area contributed by atoms with Crippen molar-refractivity contribution in [1.82, 2.24) is 5.32 Å². The standard InChI is InChI=1S/C14H17NS2/c1-11(2)15-7-3-5-13-9-12(10-17-13)14-6-4-8-16-14/h3-6,8-11,15H,7H2,1-2H3. The molecule has 2 rings (SSSR count). The molecule has 90 valence electrons. The Morgan fingerprint density at radius 1 is 1.35 bits per heavy atom. The molecule has 0 unspecified atom stereocenters. The summed E-state index contributed by atoms with van der Waals surface area (Å²) in [4.78, 5) is 2.67. The van der Waals surface area contributed by atoms with Crippen LogP contribution in [0.1, 0.15) is 18.7 Å². The van der Waals surface area contributed by atoms with Gasteiger partial charge in [0.25, 0.3) is 0 Å². The van der Waals surface area contributed by atoms with Gasteiger partial charge in [-0.05, 0) is 29.0 Å². The number of hydrogen-bond donors (Lipinski definition) is 1. The number of hydrogen-bond acceptors (Lipinski definition) is 3. The number of thiophene rings is 2. The Labute approximate surface area is 111 Å². The minimum Gasteiger partial charge on any atom is -0.311 e. The molecule has 0 fully saturated rings. The topological polar surface area (TPSA) is 12.0 Å². The second kappa shape index (κ2) is 6.15. The van der Waals surface area contributed by atoms with Crippen LogP contribution in [0, 0.1) is 0 Å². The van der Waals surface area contributed by atoms with Gasteiger partial charge in [-0.3, -0.25) is 0 Å². The molecule has 0 atom stereocenters. The Bertz CT molecular complexity index is 466. The van der Waals surface area contributed by atoms with Crippen molar-refractivity contribution in [2.24, 2.45) is 0 Å². The molecule has 0 aliphatic rings. The maximum absolute atomic E-state index is 3.37. The van der Waals surface area contributed by atoms with Crippen LogP contribution in [0.3, 0.4) is 0 Å². The van der Waals surface area contributed by atoms with Crippen molar-refractivity contribution in [3.05, 3.63) is 39.9 Å². The highest BCUT2D eigenvalue weighted by molar-refractivity contribution is 7.15. The van der Waals surface area contributed by atoms with E-state index in [4.69, 9.17) is 0 Å². The van der Waals surface area contributed by atoms with Crippen molar-refractivity contribution < 1.29 is 0 Å². The summed E-state index contributed by atoms with van der Waals surface area (Å²) in [7, 11) is 0. The molecule has 0 radical (unpaired) electrons. The quantitative estimate of drug-likeness (QED) is 0.838. The largest absolute Gasteiger partial charge is 0.311 e. The van der Waals surface area contributed by atoms with Gasteiger partial charge in [-0.15, -0.1) is 22.7 Å². The Balaban J connectivity index is 1.95. The van der Waals surface area contributed by atoms with Gasteiger partial charge < -0.3 is 5.32 Å². The fraction of sp³-hybridized carbons (Fsp3) is 0.286. The summed E-state index contributed by atoms with van der Waals surface area (Å²) in [5, 5.41) is 7.71. The third-order valence-corrected chi connectivity index (χ3v) is 4.17. The highest BCUT2D eigenvalue weighted by atomic mass is 32.1. The van der Waals surface area contributed by atoms with E-state index in [1.54, 1.807) is 22.7 Å². The lowest BCUT2D eigenvalue weighted by atomic mass is 10.2. The first-order valence-electron chi connectivity index (χ1n) is 5.78. The highest BCUT2D eigenvalue weighted by Crippen LogP contribution is 2.29. The Hall–Kier alpha value is -0.900. The fourth-order valence-electron chi connectivity index (χ4n) is 1.49. The van der Waals surface area contributed by atoms with Crippen LogP contribution in [0.2, 0.25) is 0 Å². The van der Waals surface area contributed by atoms with E-state index in [2.05, 4.69) is 60.3 Å². The van der Waals surface area contributed by atoms with Crippen LogP contribution >= 0.6 is 22.7 Å². The minimum atomic E-state index is 0.546. The molecule has 17 heavy (non-hydrogen) atoms. The zero-order valence-electron chi connectivity index (χ0n) is 10.1. The minimum absolute atomic E-state index is 0.546. The number of nitrogens with one attached hydrogen (secondary N) is 1. The van der Waals surface area contributed by atoms with Crippen molar-refractivity contribution >= 4 is 28.7 Å². The van der Waals surface area contributed by atoms with E-state index in [0.717, 1.165) is 6.54 Å².